The number of rotatable bonds is 14. The van der Waals surface area contributed by atoms with Crippen LogP contribution in [-0.4, -0.2) is 36.3 Å². The Morgan fingerprint density at radius 1 is 0.860 bits per heavy atom. The van der Waals surface area contributed by atoms with E-state index in [-0.39, 0.29) is 10.3 Å². The van der Waals surface area contributed by atoms with Gasteiger partial charge < -0.3 is 9.64 Å². The lowest BCUT2D eigenvalue weighted by Gasteiger charge is -2.28. The Morgan fingerprint density at radius 3 is 2.32 bits per heavy atom. The fourth-order valence-corrected chi connectivity index (χ4v) is 9.35. The highest BCUT2D eigenvalue weighted by molar-refractivity contribution is 7.85. The number of benzene rings is 3. The van der Waals surface area contributed by atoms with Gasteiger partial charge in [-0.15, -0.1) is 0 Å². The predicted molar refractivity (Wildman–Crippen MR) is 237 cm³/mol. The molecule has 0 bridgehead atoms. The molecule has 1 aliphatic carbocycles. The van der Waals surface area contributed by atoms with Crippen molar-refractivity contribution in [3.63, 3.8) is 0 Å². The second-order valence-corrected chi connectivity index (χ2v) is 19.9. The first-order chi connectivity index (χ1) is 26.9. The summed E-state index contributed by atoms with van der Waals surface area (Å²) >= 11 is 0. The second-order valence-electron chi connectivity index (χ2n) is 18.5. The zero-order chi connectivity index (χ0) is 41.2. The number of nitrogens with zero attached hydrogens (tertiary/aromatic N) is 2. The Morgan fingerprint density at radius 2 is 1.60 bits per heavy atom. The van der Waals surface area contributed by atoms with Crippen LogP contribution in [0.4, 0.5) is 11.4 Å². The van der Waals surface area contributed by atoms with E-state index in [9.17, 15) is 13.0 Å². The lowest BCUT2D eigenvalue weighted by Crippen LogP contribution is -2.28. The Balaban J connectivity index is 1.43. The number of unbranched alkanes of at least 4 members (excludes halogenated alkanes) is 3. The summed E-state index contributed by atoms with van der Waals surface area (Å²) in [5.74, 6) is 1.77. The van der Waals surface area contributed by atoms with E-state index in [0.29, 0.717) is 5.41 Å². The van der Waals surface area contributed by atoms with Crippen LogP contribution in [0.1, 0.15) is 130 Å². The Bertz CT molecular complexity index is 2240. The molecule has 7 heteroatoms. The number of aryl methyl sites for hydroxylation is 1. The molecule has 0 radical (unpaired) electrons. The van der Waals surface area contributed by atoms with Crippen LogP contribution in [0.15, 0.2) is 119 Å². The number of anilines is 1. The van der Waals surface area contributed by atoms with Crippen LogP contribution < -0.4 is 9.64 Å². The number of allylic oxidation sites excluding steroid dienone is 7. The fourth-order valence-electron chi connectivity index (χ4n) is 8.85. The van der Waals surface area contributed by atoms with Crippen molar-refractivity contribution in [2.24, 2.45) is 5.41 Å². The minimum Gasteiger partial charge on any atom is -0.457 e. The number of fused-ring (bicyclic) bond motifs is 2. The molecule has 3 aliphatic rings. The maximum Gasteiger partial charge on any atom is 0.294 e. The summed E-state index contributed by atoms with van der Waals surface area (Å²) in [4.78, 5) is 2.30. The van der Waals surface area contributed by atoms with Gasteiger partial charge in [-0.05, 0) is 117 Å². The third kappa shape index (κ3) is 9.26. The molecule has 1 N–H and O–H groups in total. The molecule has 3 aromatic rings. The molecule has 0 atom stereocenters. The van der Waals surface area contributed by atoms with Crippen molar-refractivity contribution in [3.05, 3.63) is 130 Å². The summed E-state index contributed by atoms with van der Waals surface area (Å²) in [6, 6.07) is 22.1. The van der Waals surface area contributed by atoms with E-state index < -0.39 is 15.5 Å². The molecule has 0 aromatic heterocycles. The molecular formula is C50H65N2O4S+. The summed E-state index contributed by atoms with van der Waals surface area (Å²) < 4.78 is 44.1. The van der Waals surface area contributed by atoms with E-state index >= 15 is 0 Å². The van der Waals surface area contributed by atoms with E-state index in [2.05, 4.69) is 132 Å². The molecular weight excluding hydrogens is 725 g/mol. The van der Waals surface area contributed by atoms with Crippen LogP contribution in [0.5, 0.6) is 5.75 Å². The van der Waals surface area contributed by atoms with Crippen molar-refractivity contribution in [2.45, 2.75) is 136 Å². The zero-order valence-corrected chi connectivity index (χ0v) is 36.7. The number of hydrogen-bond donors (Lipinski definition) is 1. The molecule has 3 aromatic carbocycles. The molecule has 0 saturated heterocycles. The van der Waals surface area contributed by atoms with Crippen LogP contribution in [0.3, 0.4) is 0 Å². The minimum absolute atomic E-state index is 0.0701. The number of ether oxygens (including phenoxy) is 1. The van der Waals surface area contributed by atoms with Gasteiger partial charge in [0.15, 0.2) is 5.71 Å². The first kappa shape index (κ1) is 42.4. The maximum atomic E-state index is 12.3. The van der Waals surface area contributed by atoms with Crippen molar-refractivity contribution in [2.75, 3.05) is 18.0 Å². The Labute approximate surface area is 343 Å². The highest BCUT2D eigenvalue weighted by atomic mass is 32.2. The standard InChI is InChI=1S/C50H64N2O4S/c1-10-11-33-51-42-24-15-14-23-40(42)49(6,7)45(51)30-26-37-21-19-22-38(47(37)56-44-25-16-13-20-36(44)2)27-31-46-50(8,9)41-35-39(57(53,54)55)28-29-43(41)52(46)34-18-12-17-32-48(3,4)5/h13-16,20,23-31,35H,10-12,17-19,21-22,32-34H2,1-9H3/p+1. The van der Waals surface area contributed by atoms with E-state index in [1.165, 1.54) is 35.0 Å². The van der Waals surface area contributed by atoms with Gasteiger partial charge >= 0.3 is 0 Å². The van der Waals surface area contributed by atoms with Crippen molar-refractivity contribution >= 4 is 27.2 Å². The lowest BCUT2D eigenvalue weighted by atomic mass is 9.81. The van der Waals surface area contributed by atoms with E-state index in [4.69, 9.17) is 4.74 Å². The Kier molecular flexibility index (Phi) is 12.6. The molecule has 2 heterocycles. The molecule has 0 saturated carbocycles. The van der Waals surface area contributed by atoms with Gasteiger partial charge in [-0.25, -0.2) is 0 Å². The molecule has 0 amide bonds. The fraction of sp³-hybridized carbons (Fsp3) is 0.460. The highest BCUT2D eigenvalue weighted by Crippen LogP contribution is 2.49. The van der Waals surface area contributed by atoms with Crippen LogP contribution >= 0.6 is 0 Å². The van der Waals surface area contributed by atoms with Crippen molar-refractivity contribution in [1.82, 2.24) is 0 Å². The average Bonchev–Trinajstić information content (AvgIpc) is 3.50. The number of hydrogen-bond acceptors (Lipinski definition) is 4. The van der Waals surface area contributed by atoms with Crippen molar-refractivity contribution in [1.29, 1.82) is 0 Å². The van der Waals surface area contributed by atoms with Gasteiger partial charge in [0.2, 0.25) is 5.69 Å². The first-order valence-electron chi connectivity index (χ1n) is 21.1. The van der Waals surface area contributed by atoms with Crippen LogP contribution in [0.25, 0.3) is 0 Å². The van der Waals surface area contributed by atoms with E-state index in [1.54, 1.807) is 6.07 Å². The van der Waals surface area contributed by atoms with Gasteiger partial charge in [0, 0.05) is 47.5 Å². The van der Waals surface area contributed by atoms with Gasteiger partial charge in [-0.3, -0.25) is 4.55 Å². The highest BCUT2D eigenvalue weighted by Gasteiger charge is 2.44. The summed E-state index contributed by atoms with van der Waals surface area (Å²) in [5.41, 5.74) is 10.1. The molecule has 6 nitrogen and oxygen atoms in total. The summed E-state index contributed by atoms with van der Waals surface area (Å²) in [6.07, 6.45) is 18.7. The third-order valence-electron chi connectivity index (χ3n) is 12.2. The second kappa shape index (κ2) is 17.0. The quantitative estimate of drug-likeness (QED) is 0.100. The smallest absolute Gasteiger partial charge is 0.294 e. The maximum absolute atomic E-state index is 12.3. The molecule has 6 rings (SSSR count). The first-order valence-corrected chi connectivity index (χ1v) is 22.6. The summed E-state index contributed by atoms with van der Waals surface area (Å²) in [7, 11) is -4.35. The van der Waals surface area contributed by atoms with Gasteiger partial charge in [-0.2, -0.15) is 13.0 Å². The Hall–Kier alpha value is -4.20. The minimum atomic E-state index is -4.35. The van der Waals surface area contributed by atoms with Crippen LogP contribution in [-0.2, 0) is 20.9 Å². The van der Waals surface area contributed by atoms with Crippen molar-refractivity contribution < 1.29 is 22.3 Å². The average molecular weight is 790 g/mol. The normalized spacial score (nSPS) is 19.3. The van der Waals surface area contributed by atoms with E-state index in [1.807, 2.05) is 18.2 Å². The number of para-hydroxylation sites is 2. The van der Waals surface area contributed by atoms with Gasteiger partial charge in [0.25, 0.3) is 10.1 Å². The topological polar surface area (TPSA) is 69.8 Å². The molecule has 0 fully saturated rings. The largest absolute Gasteiger partial charge is 0.457 e. The zero-order valence-electron chi connectivity index (χ0n) is 35.9. The third-order valence-corrected chi connectivity index (χ3v) is 13.0. The lowest BCUT2D eigenvalue weighted by molar-refractivity contribution is -0.438. The summed E-state index contributed by atoms with van der Waals surface area (Å²) in [5, 5.41) is 0. The van der Waals surface area contributed by atoms with E-state index in [0.717, 1.165) is 104 Å². The molecule has 0 spiro atoms. The van der Waals surface area contributed by atoms with Crippen LogP contribution in [0.2, 0.25) is 0 Å². The predicted octanol–water partition coefficient (Wildman–Crippen LogP) is 12.7. The monoisotopic (exact) mass is 789 g/mol. The molecule has 2 aliphatic heterocycles. The van der Waals surface area contributed by atoms with Gasteiger partial charge in [-0.1, -0.05) is 103 Å². The van der Waals surface area contributed by atoms with Crippen molar-refractivity contribution in [3.8, 4) is 5.75 Å². The van der Waals surface area contributed by atoms with Gasteiger partial charge in [0.1, 0.15) is 18.1 Å². The SMILES string of the molecule is CCCC[N+]1=C(/C=C/C2=C(Oc3ccccc3C)C(=C/C=C3/N(CCCCCC(C)(C)C)c4ccc(S(=O)(=O)O)cc4C3(C)C)/CCC2)C(C)(C)c2ccccc21. The molecule has 304 valence electrons. The van der Waals surface area contributed by atoms with Crippen LogP contribution in [0, 0.1) is 12.3 Å². The molecule has 57 heavy (non-hydrogen) atoms. The molecule has 0 unspecified atom stereocenters. The summed E-state index contributed by atoms with van der Waals surface area (Å²) in [6.45, 7) is 22.0. The van der Waals surface area contributed by atoms with Gasteiger partial charge in [0.05, 0.1) is 10.3 Å².